The van der Waals surface area contributed by atoms with Gasteiger partial charge in [0, 0.05) is 18.2 Å². The van der Waals surface area contributed by atoms with Crippen LogP contribution in [-0.2, 0) is 19.9 Å². The molecule has 1 aliphatic rings. The molecule has 2 N–H and O–H groups in total. The van der Waals surface area contributed by atoms with Crippen LogP contribution in [0.25, 0.3) is 11.1 Å². The number of anilines is 1. The van der Waals surface area contributed by atoms with Gasteiger partial charge in [0.05, 0.1) is 13.3 Å². The van der Waals surface area contributed by atoms with Crippen molar-refractivity contribution in [2.24, 2.45) is 7.05 Å². The minimum Gasteiger partial charge on any atom is -0.496 e. The van der Waals surface area contributed by atoms with E-state index in [0.717, 1.165) is 29.7 Å². The molecule has 0 amide bonds. The summed E-state index contributed by atoms with van der Waals surface area (Å²) < 4.78 is 7.29. The molecule has 1 heterocycles. The number of hydrogen-bond acceptors (Lipinski definition) is 3. The second-order valence-corrected chi connectivity index (χ2v) is 5.41. The SMILES string of the molecule is COc1ccc2c(c1-c1cnn(C)c1N)CCCCC2. The molecule has 1 aliphatic carbocycles. The molecular weight excluding hydrogens is 250 g/mol. The van der Waals surface area contributed by atoms with Crippen molar-refractivity contribution in [3.05, 3.63) is 29.5 Å². The van der Waals surface area contributed by atoms with Gasteiger partial charge in [-0.15, -0.1) is 0 Å². The summed E-state index contributed by atoms with van der Waals surface area (Å²) in [5, 5.41) is 4.28. The van der Waals surface area contributed by atoms with Gasteiger partial charge in [-0.2, -0.15) is 5.10 Å². The zero-order valence-corrected chi connectivity index (χ0v) is 12.1. The van der Waals surface area contributed by atoms with Crippen molar-refractivity contribution in [3.63, 3.8) is 0 Å². The fourth-order valence-corrected chi connectivity index (χ4v) is 3.09. The number of nitrogens with two attached hydrogens (primary N) is 1. The summed E-state index contributed by atoms with van der Waals surface area (Å²) in [6.07, 6.45) is 7.87. The summed E-state index contributed by atoms with van der Waals surface area (Å²) in [5.41, 5.74) is 11.1. The summed E-state index contributed by atoms with van der Waals surface area (Å²) in [6.45, 7) is 0. The average Bonchev–Trinajstić information content (AvgIpc) is 2.69. The highest BCUT2D eigenvalue weighted by Crippen LogP contribution is 2.40. The summed E-state index contributed by atoms with van der Waals surface area (Å²) in [7, 11) is 3.58. The van der Waals surface area contributed by atoms with E-state index in [9.17, 15) is 0 Å². The van der Waals surface area contributed by atoms with Gasteiger partial charge in [-0.1, -0.05) is 12.5 Å². The maximum absolute atomic E-state index is 6.18. The van der Waals surface area contributed by atoms with Gasteiger partial charge >= 0.3 is 0 Å². The Bertz CT molecular complexity index is 631. The largest absolute Gasteiger partial charge is 0.496 e. The van der Waals surface area contributed by atoms with Crippen LogP contribution in [0.3, 0.4) is 0 Å². The lowest BCUT2D eigenvalue weighted by atomic mass is 9.92. The maximum atomic E-state index is 6.18. The highest BCUT2D eigenvalue weighted by molar-refractivity contribution is 5.82. The smallest absolute Gasteiger partial charge is 0.129 e. The quantitative estimate of drug-likeness (QED) is 0.854. The van der Waals surface area contributed by atoms with Gasteiger partial charge in [0.15, 0.2) is 0 Å². The number of hydrogen-bond donors (Lipinski definition) is 1. The molecule has 2 aromatic rings. The minimum atomic E-state index is 0.695. The third-order valence-electron chi connectivity index (χ3n) is 4.22. The summed E-state index contributed by atoms with van der Waals surface area (Å²) in [5.74, 6) is 1.59. The van der Waals surface area contributed by atoms with E-state index in [1.807, 2.05) is 13.2 Å². The van der Waals surface area contributed by atoms with Crippen LogP contribution in [0.5, 0.6) is 5.75 Å². The third-order valence-corrected chi connectivity index (χ3v) is 4.22. The lowest BCUT2D eigenvalue weighted by Crippen LogP contribution is -2.02. The van der Waals surface area contributed by atoms with Crippen molar-refractivity contribution in [3.8, 4) is 16.9 Å². The number of nitrogens with zero attached hydrogens (tertiary/aromatic N) is 2. The monoisotopic (exact) mass is 271 g/mol. The molecule has 0 unspecified atom stereocenters. The Hall–Kier alpha value is -1.97. The first-order chi connectivity index (χ1) is 9.72. The number of rotatable bonds is 2. The molecule has 20 heavy (non-hydrogen) atoms. The summed E-state index contributed by atoms with van der Waals surface area (Å²) >= 11 is 0. The molecule has 0 saturated heterocycles. The Labute approximate surface area is 119 Å². The normalized spacial score (nSPS) is 14.7. The molecule has 0 aliphatic heterocycles. The lowest BCUT2D eigenvalue weighted by Gasteiger charge is -2.16. The zero-order chi connectivity index (χ0) is 14.1. The van der Waals surface area contributed by atoms with Crippen molar-refractivity contribution < 1.29 is 4.74 Å². The van der Waals surface area contributed by atoms with Crippen LogP contribution in [0.15, 0.2) is 18.3 Å². The number of ether oxygens (including phenoxy) is 1. The molecular formula is C16H21N3O. The van der Waals surface area contributed by atoms with Crippen LogP contribution in [0.4, 0.5) is 5.82 Å². The summed E-state index contributed by atoms with van der Waals surface area (Å²) in [4.78, 5) is 0. The molecule has 0 saturated carbocycles. The topological polar surface area (TPSA) is 53.1 Å². The molecule has 3 rings (SSSR count). The van der Waals surface area contributed by atoms with Crippen LogP contribution in [-0.4, -0.2) is 16.9 Å². The van der Waals surface area contributed by atoms with E-state index in [2.05, 4.69) is 17.2 Å². The van der Waals surface area contributed by atoms with Crippen LogP contribution in [0.1, 0.15) is 30.4 Å². The number of benzene rings is 1. The molecule has 0 atom stereocenters. The van der Waals surface area contributed by atoms with Gasteiger partial charge < -0.3 is 10.5 Å². The minimum absolute atomic E-state index is 0.695. The van der Waals surface area contributed by atoms with Gasteiger partial charge in [-0.25, -0.2) is 0 Å². The van der Waals surface area contributed by atoms with E-state index < -0.39 is 0 Å². The predicted molar refractivity (Wildman–Crippen MR) is 80.9 cm³/mol. The Morgan fingerprint density at radius 1 is 1.20 bits per heavy atom. The molecule has 1 aromatic heterocycles. The molecule has 1 aromatic carbocycles. The Morgan fingerprint density at radius 3 is 2.70 bits per heavy atom. The van der Waals surface area contributed by atoms with E-state index in [0.29, 0.717) is 5.82 Å². The van der Waals surface area contributed by atoms with E-state index in [1.165, 1.54) is 30.4 Å². The number of aromatic nitrogens is 2. The highest BCUT2D eigenvalue weighted by Gasteiger charge is 2.20. The first kappa shape index (κ1) is 13.0. The van der Waals surface area contributed by atoms with Crippen LogP contribution >= 0.6 is 0 Å². The van der Waals surface area contributed by atoms with E-state index >= 15 is 0 Å². The van der Waals surface area contributed by atoms with Gasteiger partial charge in [-0.05, 0) is 42.9 Å². The molecule has 0 spiro atoms. The molecule has 0 fully saturated rings. The average molecular weight is 271 g/mol. The molecule has 0 radical (unpaired) electrons. The molecule has 4 nitrogen and oxygen atoms in total. The van der Waals surface area contributed by atoms with Crippen molar-refractivity contribution in [2.45, 2.75) is 32.1 Å². The third kappa shape index (κ3) is 2.05. The molecule has 106 valence electrons. The van der Waals surface area contributed by atoms with Crippen molar-refractivity contribution in [1.82, 2.24) is 9.78 Å². The number of methoxy groups -OCH3 is 1. The Kier molecular flexibility index (Phi) is 3.38. The zero-order valence-electron chi connectivity index (χ0n) is 12.1. The Balaban J connectivity index is 2.24. The predicted octanol–water partition coefficient (Wildman–Crippen LogP) is 2.95. The van der Waals surface area contributed by atoms with Crippen LogP contribution in [0, 0.1) is 0 Å². The van der Waals surface area contributed by atoms with Gasteiger partial charge in [-0.3, -0.25) is 4.68 Å². The van der Waals surface area contributed by atoms with Crippen molar-refractivity contribution in [1.29, 1.82) is 0 Å². The number of aryl methyl sites for hydroxylation is 2. The summed E-state index contributed by atoms with van der Waals surface area (Å²) in [6, 6.07) is 4.27. The van der Waals surface area contributed by atoms with Crippen molar-refractivity contribution >= 4 is 5.82 Å². The fraction of sp³-hybridized carbons (Fsp3) is 0.438. The highest BCUT2D eigenvalue weighted by atomic mass is 16.5. The first-order valence-electron chi connectivity index (χ1n) is 7.19. The molecule has 4 heteroatoms. The maximum Gasteiger partial charge on any atom is 0.129 e. The first-order valence-corrected chi connectivity index (χ1v) is 7.19. The van der Waals surface area contributed by atoms with Crippen LogP contribution < -0.4 is 10.5 Å². The van der Waals surface area contributed by atoms with Crippen molar-refractivity contribution in [2.75, 3.05) is 12.8 Å². The van der Waals surface area contributed by atoms with E-state index in [1.54, 1.807) is 11.8 Å². The van der Waals surface area contributed by atoms with Gasteiger partial charge in [0.1, 0.15) is 11.6 Å². The van der Waals surface area contributed by atoms with E-state index in [4.69, 9.17) is 10.5 Å². The van der Waals surface area contributed by atoms with Gasteiger partial charge in [0.2, 0.25) is 0 Å². The second-order valence-electron chi connectivity index (χ2n) is 5.41. The fourth-order valence-electron chi connectivity index (χ4n) is 3.09. The Morgan fingerprint density at radius 2 is 2.00 bits per heavy atom. The standard InChI is InChI=1S/C16H21N3O/c1-19-16(17)13(10-18-19)15-12-7-5-3-4-6-11(12)8-9-14(15)20-2/h8-10H,3-7,17H2,1-2H3. The van der Waals surface area contributed by atoms with Crippen LogP contribution in [0.2, 0.25) is 0 Å². The number of nitrogen functional groups attached to an aromatic ring is 1. The van der Waals surface area contributed by atoms with Gasteiger partial charge in [0.25, 0.3) is 0 Å². The van der Waals surface area contributed by atoms with E-state index in [-0.39, 0.29) is 0 Å². The second kappa shape index (κ2) is 5.19. The molecule has 0 bridgehead atoms. The number of fused-ring (bicyclic) bond motifs is 1. The lowest BCUT2D eigenvalue weighted by molar-refractivity contribution is 0.416.